The molecule has 180 valence electrons. The highest BCUT2D eigenvalue weighted by molar-refractivity contribution is 7.21. The maximum absolute atomic E-state index is 15.0. The molecule has 0 spiro atoms. The third kappa shape index (κ3) is 4.41. The molecule has 0 bridgehead atoms. The average molecular weight is 496 g/mol. The topological polar surface area (TPSA) is 91.0 Å². The van der Waals surface area contributed by atoms with Gasteiger partial charge in [-0.05, 0) is 25.3 Å². The standard InChI is InChI=1S/C25H23F2N5O2S/c1-15(16-9-4-2-5-10-16)28-20(33)18-13-8-14-32(18)24-29-19-21(34)30-23(31-22(19)35-24)25(26,27)17-11-6-3-7-12-17/h2-7,9-12,15,18H,8,13-14H2,1H3,(H,28,33)(H,30,31,34)/t15-,18-/m1/s1. The van der Waals surface area contributed by atoms with Gasteiger partial charge in [-0.15, -0.1) is 0 Å². The predicted octanol–water partition coefficient (Wildman–Crippen LogP) is 4.37. The Labute approximate surface area is 203 Å². The Bertz CT molecular complexity index is 1410. The van der Waals surface area contributed by atoms with Crippen LogP contribution in [0.4, 0.5) is 13.9 Å². The Hall–Kier alpha value is -3.66. The van der Waals surface area contributed by atoms with E-state index in [1.165, 1.54) is 24.3 Å². The first kappa shape index (κ1) is 23.1. The number of H-pyrrole nitrogens is 1. The molecule has 3 heterocycles. The molecule has 1 amide bonds. The van der Waals surface area contributed by atoms with Gasteiger partial charge in [0.25, 0.3) is 5.56 Å². The zero-order valence-corrected chi connectivity index (χ0v) is 19.7. The van der Waals surface area contributed by atoms with Gasteiger partial charge in [0.1, 0.15) is 6.04 Å². The second kappa shape index (κ2) is 9.18. The second-order valence-corrected chi connectivity index (χ2v) is 9.45. The molecule has 1 saturated heterocycles. The highest BCUT2D eigenvalue weighted by Gasteiger charge is 2.38. The van der Waals surface area contributed by atoms with Crippen LogP contribution < -0.4 is 15.8 Å². The molecule has 2 atom stereocenters. The molecule has 35 heavy (non-hydrogen) atoms. The first-order valence-electron chi connectivity index (χ1n) is 11.3. The number of fused-ring (bicyclic) bond motifs is 1. The highest BCUT2D eigenvalue weighted by Crippen LogP contribution is 2.36. The van der Waals surface area contributed by atoms with Gasteiger partial charge in [-0.25, -0.2) is 9.97 Å². The van der Waals surface area contributed by atoms with Gasteiger partial charge in [-0.1, -0.05) is 72.0 Å². The molecule has 0 saturated carbocycles. The number of anilines is 1. The highest BCUT2D eigenvalue weighted by atomic mass is 32.1. The fourth-order valence-electron chi connectivity index (χ4n) is 4.28. The number of hydrogen-bond acceptors (Lipinski definition) is 6. The van der Waals surface area contributed by atoms with Crippen LogP contribution in [0.15, 0.2) is 65.5 Å². The molecule has 1 fully saturated rings. The molecule has 1 aliphatic heterocycles. The molecule has 1 aliphatic rings. The SMILES string of the molecule is C[C@@H](NC(=O)[C@H]1CCCN1c1nc2c(=O)[nH]c(C(F)(F)c3ccccc3)nc2s1)c1ccccc1. The van der Waals surface area contributed by atoms with Gasteiger partial charge in [-0.3, -0.25) is 9.59 Å². The number of nitrogens with one attached hydrogen (secondary N) is 2. The fourth-order valence-corrected chi connectivity index (χ4v) is 5.30. The quantitative estimate of drug-likeness (QED) is 0.415. The monoisotopic (exact) mass is 495 g/mol. The van der Waals surface area contributed by atoms with Gasteiger partial charge in [0.05, 0.1) is 6.04 Å². The van der Waals surface area contributed by atoms with E-state index in [1.54, 1.807) is 6.07 Å². The zero-order chi connectivity index (χ0) is 24.6. The van der Waals surface area contributed by atoms with Crippen LogP contribution in [-0.4, -0.2) is 33.4 Å². The maximum Gasteiger partial charge on any atom is 0.330 e. The van der Waals surface area contributed by atoms with Crippen molar-refractivity contribution in [2.75, 3.05) is 11.4 Å². The Kier molecular flexibility index (Phi) is 6.06. The average Bonchev–Trinajstić information content (AvgIpc) is 3.52. The van der Waals surface area contributed by atoms with Gasteiger partial charge in [0, 0.05) is 12.1 Å². The number of halogens is 2. The Morgan fingerprint density at radius 3 is 2.54 bits per heavy atom. The molecule has 0 unspecified atom stereocenters. The van der Waals surface area contributed by atoms with Gasteiger partial charge in [-0.2, -0.15) is 8.78 Å². The number of alkyl halides is 2. The number of amides is 1. The largest absolute Gasteiger partial charge is 0.348 e. The summed E-state index contributed by atoms with van der Waals surface area (Å²) in [5.41, 5.74) is -0.0219. The number of thiazole rings is 1. The molecule has 2 aromatic carbocycles. The number of nitrogens with zero attached hydrogens (tertiary/aromatic N) is 3. The summed E-state index contributed by atoms with van der Waals surface area (Å²) in [4.78, 5) is 38.3. The summed E-state index contributed by atoms with van der Waals surface area (Å²) >= 11 is 1.04. The summed E-state index contributed by atoms with van der Waals surface area (Å²) in [5.74, 6) is -4.34. The maximum atomic E-state index is 15.0. The van der Waals surface area contributed by atoms with E-state index in [1.807, 2.05) is 42.2 Å². The lowest BCUT2D eigenvalue weighted by Gasteiger charge is -2.25. The summed E-state index contributed by atoms with van der Waals surface area (Å²) in [6, 6.07) is 16.2. The first-order chi connectivity index (χ1) is 16.8. The summed E-state index contributed by atoms with van der Waals surface area (Å²) in [6.45, 7) is 2.49. The number of aromatic amines is 1. The van der Waals surface area contributed by atoms with Crippen LogP contribution >= 0.6 is 11.3 Å². The van der Waals surface area contributed by atoms with Crippen molar-refractivity contribution in [1.29, 1.82) is 0 Å². The smallest absolute Gasteiger partial charge is 0.330 e. The molecule has 2 N–H and O–H groups in total. The Morgan fingerprint density at radius 1 is 1.14 bits per heavy atom. The summed E-state index contributed by atoms with van der Waals surface area (Å²) in [6.07, 6.45) is 1.40. The third-order valence-corrected chi connectivity index (χ3v) is 7.14. The van der Waals surface area contributed by atoms with Gasteiger partial charge >= 0.3 is 5.92 Å². The number of benzene rings is 2. The summed E-state index contributed by atoms with van der Waals surface area (Å²) in [5, 5.41) is 3.46. The fraction of sp³-hybridized carbons (Fsp3) is 0.280. The number of carbonyl (C=O) groups excluding carboxylic acids is 1. The van der Waals surface area contributed by atoms with Crippen molar-refractivity contribution < 1.29 is 13.6 Å². The van der Waals surface area contributed by atoms with Crippen LogP contribution in [0.5, 0.6) is 0 Å². The van der Waals surface area contributed by atoms with E-state index in [2.05, 4.69) is 20.3 Å². The van der Waals surface area contributed by atoms with Gasteiger partial charge in [0.15, 0.2) is 21.3 Å². The molecule has 7 nitrogen and oxygen atoms in total. The van der Waals surface area contributed by atoms with Crippen molar-refractivity contribution in [2.45, 2.75) is 37.8 Å². The van der Waals surface area contributed by atoms with Crippen molar-refractivity contribution in [1.82, 2.24) is 20.3 Å². The molecule has 2 aromatic heterocycles. The van der Waals surface area contributed by atoms with Crippen molar-refractivity contribution >= 4 is 32.7 Å². The van der Waals surface area contributed by atoms with Crippen molar-refractivity contribution in [3.63, 3.8) is 0 Å². The molecule has 10 heteroatoms. The minimum atomic E-state index is -3.47. The zero-order valence-electron chi connectivity index (χ0n) is 18.9. The lowest BCUT2D eigenvalue weighted by molar-refractivity contribution is -0.122. The molecular weight excluding hydrogens is 472 g/mol. The normalized spacial score (nSPS) is 17.0. The van der Waals surface area contributed by atoms with E-state index >= 15 is 8.78 Å². The first-order valence-corrected chi connectivity index (χ1v) is 12.1. The van der Waals surface area contributed by atoms with E-state index in [-0.39, 0.29) is 27.9 Å². The molecule has 5 rings (SSSR count). The van der Waals surface area contributed by atoms with Crippen molar-refractivity contribution in [3.05, 3.63) is 88.0 Å². The summed E-state index contributed by atoms with van der Waals surface area (Å²) < 4.78 is 30.0. The van der Waals surface area contributed by atoms with E-state index in [0.29, 0.717) is 18.1 Å². The minimum Gasteiger partial charge on any atom is -0.348 e. The van der Waals surface area contributed by atoms with E-state index in [0.717, 1.165) is 23.3 Å². The third-order valence-electron chi connectivity index (χ3n) is 6.15. The van der Waals surface area contributed by atoms with Crippen LogP contribution in [0.3, 0.4) is 0 Å². The van der Waals surface area contributed by atoms with Crippen LogP contribution in [0, 0.1) is 0 Å². The summed E-state index contributed by atoms with van der Waals surface area (Å²) in [7, 11) is 0. The number of carbonyl (C=O) groups is 1. The van der Waals surface area contributed by atoms with E-state index in [9.17, 15) is 9.59 Å². The van der Waals surface area contributed by atoms with Crippen molar-refractivity contribution in [3.8, 4) is 0 Å². The second-order valence-electron chi connectivity index (χ2n) is 8.50. The van der Waals surface area contributed by atoms with E-state index < -0.39 is 23.3 Å². The predicted molar refractivity (Wildman–Crippen MR) is 131 cm³/mol. The molecule has 0 aliphatic carbocycles. The number of aromatic nitrogens is 3. The lowest BCUT2D eigenvalue weighted by Crippen LogP contribution is -2.44. The van der Waals surface area contributed by atoms with Gasteiger partial charge < -0.3 is 15.2 Å². The van der Waals surface area contributed by atoms with Crippen LogP contribution in [0.1, 0.15) is 42.8 Å². The van der Waals surface area contributed by atoms with Crippen molar-refractivity contribution in [2.24, 2.45) is 0 Å². The molecule has 4 aromatic rings. The Morgan fingerprint density at radius 2 is 1.83 bits per heavy atom. The number of hydrogen-bond donors (Lipinski definition) is 2. The van der Waals surface area contributed by atoms with Crippen LogP contribution in [0.2, 0.25) is 0 Å². The van der Waals surface area contributed by atoms with Crippen LogP contribution in [-0.2, 0) is 10.7 Å². The molecular formula is C25H23F2N5O2S. The van der Waals surface area contributed by atoms with Crippen LogP contribution in [0.25, 0.3) is 10.3 Å². The van der Waals surface area contributed by atoms with E-state index in [4.69, 9.17) is 0 Å². The molecule has 0 radical (unpaired) electrons. The van der Waals surface area contributed by atoms with Gasteiger partial charge in [0.2, 0.25) is 5.91 Å². The Balaban J connectivity index is 1.42. The minimum absolute atomic E-state index is 0.0127. The lowest BCUT2D eigenvalue weighted by atomic mass is 10.1. The number of rotatable bonds is 6.